The highest BCUT2D eigenvalue weighted by molar-refractivity contribution is 5.83. The number of hydrogen-bond acceptors (Lipinski definition) is 9. The Bertz CT molecular complexity index is 1510. The molecule has 0 unspecified atom stereocenters. The minimum absolute atomic E-state index is 0.0885. The number of nitrogens with zero attached hydrogens (tertiary/aromatic N) is 5. The van der Waals surface area contributed by atoms with Gasteiger partial charge in [-0.05, 0) is 48.4 Å². The topological polar surface area (TPSA) is 124 Å². The maximum absolute atomic E-state index is 13.3. The molecule has 1 atom stereocenters. The van der Waals surface area contributed by atoms with Gasteiger partial charge in [-0.1, -0.05) is 36.8 Å². The number of benzene rings is 2. The zero-order chi connectivity index (χ0) is 27.4. The van der Waals surface area contributed by atoms with Gasteiger partial charge in [-0.15, -0.1) is 5.10 Å². The number of carbonyl (C=O) groups excluding carboxylic acids is 1. The van der Waals surface area contributed by atoms with E-state index in [-0.39, 0.29) is 24.8 Å². The van der Waals surface area contributed by atoms with Crippen molar-refractivity contribution in [2.75, 3.05) is 19.8 Å². The van der Waals surface area contributed by atoms with Crippen LogP contribution in [0.25, 0.3) is 10.9 Å². The third-order valence-corrected chi connectivity index (χ3v) is 6.73. The minimum Gasteiger partial charge on any atom is -0.486 e. The Labute approximate surface area is 225 Å². The first-order chi connectivity index (χ1) is 18.9. The predicted molar refractivity (Wildman–Crippen MR) is 143 cm³/mol. The van der Waals surface area contributed by atoms with E-state index in [2.05, 4.69) is 49.7 Å². The number of nitrogens with one attached hydrogen (secondary N) is 1. The molecule has 3 heterocycles. The summed E-state index contributed by atoms with van der Waals surface area (Å²) in [6.45, 7) is 7.86. The zero-order valence-corrected chi connectivity index (χ0v) is 22.3. The molecular formula is C28H32N6O5. The summed E-state index contributed by atoms with van der Waals surface area (Å²) < 4.78 is 18.0. The lowest BCUT2D eigenvalue weighted by Crippen LogP contribution is -2.33. The molecule has 0 radical (unpaired) electrons. The van der Waals surface area contributed by atoms with Gasteiger partial charge in [0, 0.05) is 30.1 Å². The van der Waals surface area contributed by atoms with Crippen molar-refractivity contribution in [2.24, 2.45) is 0 Å². The number of aromatic amines is 1. The lowest BCUT2D eigenvalue weighted by molar-refractivity contribution is -0.144. The Morgan fingerprint density at radius 1 is 1.10 bits per heavy atom. The van der Waals surface area contributed by atoms with Crippen LogP contribution >= 0.6 is 0 Å². The highest BCUT2D eigenvalue weighted by atomic mass is 16.6. The number of H-pyrrole nitrogens is 1. The molecule has 0 bridgehead atoms. The number of pyridine rings is 1. The van der Waals surface area contributed by atoms with E-state index >= 15 is 0 Å². The van der Waals surface area contributed by atoms with Gasteiger partial charge in [0.1, 0.15) is 19.8 Å². The van der Waals surface area contributed by atoms with E-state index in [1.165, 1.54) is 4.68 Å². The number of aryl methyl sites for hydroxylation is 1. The zero-order valence-electron chi connectivity index (χ0n) is 22.3. The number of hydrogen-bond donors (Lipinski definition) is 1. The molecule has 11 nitrogen and oxygen atoms in total. The van der Waals surface area contributed by atoms with Gasteiger partial charge in [-0.2, -0.15) is 0 Å². The number of esters is 1. The van der Waals surface area contributed by atoms with Gasteiger partial charge in [-0.25, -0.2) is 4.68 Å². The summed E-state index contributed by atoms with van der Waals surface area (Å²) in [5.41, 5.74) is 3.34. The van der Waals surface area contributed by atoms with E-state index in [0.717, 1.165) is 16.5 Å². The maximum atomic E-state index is 13.3. The van der Waals surface area contributed by atoms with Gasteiger partial charge >= 0.3 is 5.97 Å². The summed E-state index contributed by atoms with van der Waals surface area (Å²) in [5, 5.41) is 13.0. The molecule has 0 saturated carbocycles. The van der Waals surface area contributed by atoms with Crippen molar-refractivity contribution in [2.45, 2.75) is 52.9 Å². The van der Waals surface area contributed by atoms with Crippen molar-refractivity contribution in [3.8, 4) is 11.5 Å². The van der Waals surface area contributed by atoms with E-state index in [4.69, 9.17) is 14.2 Å². The van der Waals surface area contributed by atoms with E-state index in [1.807, 2.05) is 26.0 Å². The second-order valence-electron chi connectivity index (χ2n) is 9.52. The molecule has 1 aliphatic heterocycles. The van der Waals surface area contributed by atoms with Crippen LogP contribution < -0.4 is 15.0 Å². The smallest absolute Gasteiger partial charge is 0.327 e. The predicted octanol–water partition coefficient (Wildman–Crippen LogP) is 3.31. The molecule has 1 aliphatic rings. The Morgan fingerprint density at radius 2 is 1.85 bits per heavy atom. The van der Waals surface area contributed by atoms with Crippen LogP contribution in [0.5, 0.6) is 11.5 Å². The van der Waals surface area contributed by atoms with Gasteiger partial charge < -0.3 is 19.2 Å². The van der Waals surface area contributed by atoms with Crippen molar-refractivity contribution >= 4 is 16.9 Å². The van der Waals surface area contributed by atoms with E-state index in [9.17, 15) is 9.59 Å². The van der Waals surface area contributed by atoms with Crippen LogP contribution in [0.15, 0.2) is 47.3 Å². The third-order valence-electron chi connectivity index (χ3n) is 6.73. The molecule has 0 spiro atoms. The second-order valence-corrected chi connectivity index (χ2v) is 9.52. The summed E-state index contributed by atoms with van der Waals surface area (Å²) in [4.78, 5) is 30.6. The van der Waals surface area contributed by atoms with Gasteiger partial charge in [0.2, 0.25) is 0 Å². The molecule has 4 aromatic rings. The monoisotopic (exact) mass is 532 g/mol. The van der Waals surface area contributed by atoms with Crippen LogP contribution in [0.4, 0.5) is 0 Å². The molecule has 5 rings (SSSR count). The number of aromatic nitrogens is 5. The van der Waals surface area contributed by atoms with Crippen molar-refractivity contribution in [1.29, 1.82) is 0 Å². The fourth-order valence-corrected chi connectivity index (χ4v) is 4.82. The highest BCUT2D eigenvalue weighted by Crippen LogP contribution is 2.34. The summed E-state index contributed by atoms with van der Waals surface area (Å²) in [7, 11) is 0. The number of rotatable bonds is 10. The Kier molecular flexibility index (Phi) is 7.87. The Balaban J connectivity index is 1.51. The van der Waals surface area contributed by atoms with Crippen LogP contribution in [0.1, 0.15) is 48.8 Å². The lowest BCUT2D eigenvalue weighted by Gasteiger charge is -2.30. The van der Waals surface area contributed by atoms with Crippen LogP contribution in [0, 0.1) is 6.92 Å². The Morgan fingerprint density at radius 3 is 2.56 bits per heavy atom. The second kappa shape index (κ2) is 11.6. The molecule has 2 aromatic carbocycles. The average Bonchev–Trinajstić information content (AvgIpc) is 3.37. The van der Waals surface area contributed by atoms with Crippen molar-refractivity contribution in [3.05, 3.63) is 75.3 Å². The first-order valence-electron chi connectivity index (χ1n) is 13.1. The molecule has 0 aliphatic carbocycles. The lowest BCUT2D eigenvalue weighted by atomic mass is 10.1. The molecule has 2 aromatic heterocycles. The Hall–Kier alpha value is -4.25. The van der Waals surface area contributed by atoms with Crippen LogP contribution in [0.2, 0.25) is 0 Å². The standard InChI is InChI=1S/C28H32N6O5/c1-4-23(27-30-31-32-34(27)17-26(35)37-5-2)33(15-19-8-6-18(3)7-9-19)16-21-12-20-13-24-25(39-11-10-38-24)14-22(20)29-28(21)36/h6-9,12-14,23H,4-5,10-11,15-17H2,1-3H3,(H,29,36)/t23-/m1/s1. The van der Waals surface area contributed by atoms with Crippen LogP contribution in [-0.2, 0) is 29.2 Å². The SMILES string of the molecule is CCOC(=O)Cn1nnnc1[C@@H](CC)N(Cc1ccc(C)cc1)Cc1cc2cc3c(cc2[nH]c1=O)OCCO3. The molecule has 0 fully saturated rings. The minimum atomic E-state index is -0.411. The van der Waals surface area contributed by atoms with E-state index in [0.29, 0.717) is 61.1 Å². The molecule has 0 saturated heterocycles. The maximum Gasteiger partial charge on any atom is 0.327 e. The largest absolute Gasteiger partial charge is 0.486 e. The summed E-state index contributed by atoms with van der Waals surface area (Å²) in [6.07, 6.45) is 0.652. The van der Waals surface area contributed by atoms with Crippen molar-refractivity contribution in [3.63, 3.8) is 0 Å². The van der Waals surface area contributed by atoms with Gasteiger partial charge in [-0.3, -0.25) is 14.5 Å². The van der Waals surface area contributed by atoms with Crippen LogP contribution in [-0.4, -0.2) is 55.9 Å². The fourth-order valence-electron chi connectivity index (χ4n) is 4.82. The molecular weight excluding hydrogens is 500 g/mol. The molecule has 0 amide bonds. The van der Waals surface area contributed by atoms with E-state index < -0.39 is 5.97 Å². The summed E-state index contributed by atoms with van der Waals surface area (Å²) in [6, 6.07) is 13.6. The first kappa shape index (κ1) is 26.4. The van der Waals surface area contributed by atoms with Crippen molar-refractivity contribution in [1.82, 2.24) is 30.1 Å². The summed E-state index contributed by atoms with van der Waals surface area (Å²) in [5.74, 6) is 1.41. The highest BCUT2D eigenvalue weighted by Gasteiger charge is 2.27. The normalized spacial score (nSPS) is 13.5. The van der Waals surface area contributed by atoms with Gasteiger partial charge in [0.25, 0.3) is 5.56 Å². The molecule has 39 heavy (non-hydrogen) atoms. The molecule has 204 valence electrons. The van der Waals surface area contributed by atoms with Crippen LogP contribution in [0.3, 0.4) is 0 Å². The summed E-state index contributed by atoms with van der Waals surface area (Å²) >= 11 is 0. The number of ether oxygens (including phenoxy) is 3. The number of carbonyl (C=O) groups is 1. The number of fused-ring (bicyclic) bond motifs is 2. The first-order valence-corrected chi connectivity index (χ1v) is 13.1. The average molecular weight is 533 g/mol. The van der Waals surface area contributed by atoms with Gasteiger partial charge in [0.15, 0.2) is 17.3 Å². The van der Waals surface area contributed by atoms with Crippen molar-refractivity contribution < 1.29 is 19.0 Å². The van der Waals surface area contributed by atoms with Gasteiger partial charge in [0.05, 0.1) is 18.2 Å². The number of tetrazole rings is 1. The molecule has 1 N–H and O–H groups in total. The third kappa shape index (κ3) is 5.93. The van der Waals surface area contributed by atoms with E-state index in [1.54, 1.807) is 13.0 Å². The quantitative estimate of drug-likeness (QED) is 0.306. The fraction of sp³-hybridized carbons (Fsp3) is 0.393. The molecule has 11 heteroatoms.